The van der Waals surface area contributed by atoms with Crippen molar-refractivity contribution in [1.29, 1.82) is 0 Å². The van der Waals surface area contributed by atoms with Crippen molar-refractivity contribution in [3.05, 3.63) is 84.3 Å². The highest BCUT2D eigenvalue weighted by Gasteiger charge is 2.16. The van der Waals surface area contributed by atoms with Gasteiger partial charge in [0.1, 0.15) is 5.69 Å². The molecule has 0 radical (unpaired) electrons. The fraction of sp³-hybridized carbons (Fsp3) is 0.233. The van der Waals surface area contributed by atoms with E-state index in [2.05, 4.69) is 80.4 Å². The molecule has 2 N–H and O–H groups in total. The summed E-state index contributed by atoms with van der Waals surface area (Å²) in [5.74, 6) is 0. The number of likely N-dealkylation sites (tertiary alicyclic amines) is 1. The van der Waals surface area contributed by atoms with Gasteiger partial charge in [0.25, 0.3) is 0 Å². The maximum Gasteiger partial charge on any atom is 0.116 e. The fourth-order valence-electron chi connectivity index (χ4n) is 5.14. The summed E-state index contributed by atoms with van der Waals surface area (Å²) in [4.78, 5) is 16.5. The summed E-state index contributed by atoms with van der Waals surface area (Å²) in [7, 11) is 0. The minimum atomic E-state index is 0.878. The van der Waals surface area contributed by atoms with Gasteiger partial charge in [-0.25, -0.2) is 0 Å². The predicted molar refractivity (Wildman–Crippen MR) is 155 cm³/mol. The lowest BCUT2D eigenvalue weighted by atomic mass is 10.0. The zero-order valence-electron chi connectivity index (χ0n) is 21.0. The van der Waals surface area contributed by atoms with E-state index in [4.69, 9.17) is 4.98 Å². The normalized spacial score (nSPS) is 15.6. The number of nitrogens with one attached hydrogen (secondary N) is 2. The molecule has 186 valence electrons. The van der Waals surface area contributed by atoms with Crippen LogP contribution in [0.5, 0.6) is 0 Å². The van der Waals surface area contributed by atoms with E-state index in [-0.39, 0.29) is 0 Å². The minimum absolute atomic E-state index is 0.878. The number of hydrogen-bond donors (Lipinski definition) is 2. The highest BCUT2D eigenvalue weighted by molar-refractivity contribution is 7.13. The van der Waals surface area contributed by atoms with Gasteiger partial charge < -0.3 is 4.98 Å². The molecule has 1 aliphatic rings. The average Bonchev–Trinajstić information content (AvgIpc) is 3.70. The van der Waals surface area contributed by atoms with Crippen LogP contribution in [0.4, 0.5) is 0 Å². The predicted octanol–water partition coefficient (Wildman–Crippen LogP) is 7.23. The molecule has 6 rings (SSSR count). The molecule has 5 aromatic rings. The number of nitrogens with zero attached hydrogens (tertiary/aromatic N) is 4. The molecule has 0 aromatic carbocycles. The van der Waals surface area contributed by atoms with Gasteiger partial charge in [-0.2, -0.15) is 5.10 Å². The van der Waals surface area contributed by atoms with Crippen LogP contribution in [-0.4, -0.2) is 49.7 Å². The number of aromatic nitrogens is 5. The number of allylic oxidation sites excluding steroid dienone is 3. The second kappa shape index (κ2) is 10.3. The summed E-state index contributed by atoms with van der Waals surface area (Å²) >= 11 is 1.72. The number of piperidine rings is 1. The third-order valence-electron chi connectivity index (χ3n) is 7.10. The van der Waals surface area contributed by atoms with Crippen LogP contribution < -0.4 is 0 Å². The third kappa shape index (κ3) is 4.68. The summed E-state index contributed by atoms with van der Waals surface area (Å²) in [5.41, 5.74) is 8.09. The Morgan fingerprint density at radius 3 is 2.78 bits per heavy atom. The second-order valence-corrected chi connectivity index (χ2v) is 10.4. The maximum atomic E-state index is 4.76. The molecule has 7 heteroatoms. The lowest BCUT2D eigenvalue weighted by molar-refractivity contribution is 0.248. The molecule has 6 nitrogen and oxygen atoms in total. The van der Waals surface area contributed by atoms with Gasteiger partial charge in [-0.3, -0.25) is 20.0 Å². The number of hydrogen-bond acceptors (Lipinski definition) is 5. The first-order valence-electron chi connectivity index (χ1n) is 12.8. The van der Waals surface area contributed by atoms with Crippen LogP contribution >= 0.6 is 11.3 Å². The third-order valence-corrected chi connectivity index (χ3v) is 8.00. The lowest BCUT2D eigenvalue weighted by Gasteiger charge is -2.26. The van der Waals surface area contributed by atoms with Crippen molar-refractivity contribution in [1.82, 2.24) is 30.0 Å². The van der Waals surface area contributed by atoms with Crippen LogP contribution in [0.15, 0.2) is 78.6 Å². The van der Waals surface area contributed by atoms with Crippen LogP contribution in [-0.2, 0) is 0 Å². The molecule has 1 saturated heterocycles. The van der Waals surface area contributed by atoms with Gasteiger partial charge >= 0.3 is 0 Å². The van der Waals surface area contributed by atoms with Crippen LogP contribution in [0.25, 0.3) is 49.2 Å². The topological polar surface area (TPSA) is 73.5 Å². The van der Waals surface area contributed by atoms with Crippen molar-refractivity contribution in [2.24, 2.45) is 0 Å². The Morgan fingerprint density at radius 1 is 1.11 bits per heavy atom. The summed E-state index contributed by atoms with van der Waals surface area (Å²) < 4.78 is 0. The Kier molecular flexibility index (Phi) is 6.55. The standard InChI is InChI=1S/C30H30N6S/c1-3-20(19-36-10-6-5-7-11-36)13-21(4-2)25-15-23-28(18-32-25)34-35-30(23)26-14-22-24(29-9-8-12-37-29)16-31-17-27(22)33-26/h3-4,8-9,12-18,33H,1,5-7,10-11,19H2,2H3,(H,34,35)/b20-13+,21-4+. The quantitative estimate of drug-likeness (QED) is 0.228. The molecule has 1 aliphatic heterocycles. The second-order valence-electron chi connectivity index (χ2n) is 9.50. The number of pyridine rings is 2. The molecule has 0 spiro atoms. The summed E-state index contributed by atoms with van der Waals surface area (Å²) in [6, 6.07) is 8.50. The van der Waals surface area contributed by atoms with Gasteiger partial charge in [0.2, 0.25) is 0 Å². The largest absolute Gasteiger partial charge is 0.352 e. The lowest BCUT2D eigenvalue weighted by Crippen LogP contribution is -2.31. The first-order chi connectivity index (χ1) is 18.2. The Balaban J connectivity index is 1.36. The molecule has 0 aliphatic carbocycles. The first-order valence-corrected chi connectivity index (χ1v) is 13.7. The average molecular weight is 507 g/mol. The van der Waals surface area contributed by atoms with Gasteiger partial charge in [0, 0.05) is 34.0 Å². The summed E-state index contributed by atoms with van der Waals surface area (Å²) in [5, 5.41) is 12.1. The van der Waals surface area contributed by atoms with Gasteiger partial charge in [-0.1, -0.05) is 31.2 Å². The van der Waals surface area contributed by atoms with E-state index < -0.39 is 0 Å². The van der Waals surface area contributed by atoms with Gasteiger partial charge in [0.05, 0.1) is 34.8 Å². The van der Waals surface area contributed by atoms with E-state index in [9.17, 15) is 0 Å². The van der Waals surface area contributed by atoms with E-state index in [0.29, 0.717) is 0 Å². The number of H-pyrrole nitrogens is 2. The smallest absolute Gasteiger partial charge is 0.116 e. The number of fused-ring (bicyclic) bond motifs is 2. The van der Waals surface area contributed by atoms with Crippen molar-refractivity contribution in [3.8, 4) is 21.8 Å². The molecule has 0 amide bonds. The monoisotopic (exact) mass is 506 g/mol. The van der Waals surface area contributed by atoms with E-state index in [1.807, 2.05) is 24.7 Å². The van der Waals surface area contributed by atoms with E-state index in [0.717, 1.165) is 69.7 Å². The van der Waals surface area contributed by atoms with Crippen molar-refractivity contribution in [3.63, 3.8) is 0 Å². The van der Waals surface area contributed by atoms with Crippen molar-refractivity contribution < 1.29 is 0 Å². The molecule has 0 bridgehead atoms. The Morgan fingerprint density at radius 2 is 2.00 bits per heavy atom. The van der Waals surface area contributed by atoms with Crippen molar-refractivity contribution >= 4 is 38.7 Å². The number of thiophene rings is 1. The molecule has 0 unspecified atom stereocenters. The molecule has 0 atom stereocenters. The molecular weight excluding hydrogens is 476 g/mol. The Bertz CT molecular complexity index is 1610. The number of aromatic amines is 2. The molecule has 1 fully saturated rings. The number of rotatable bonds is 7. The zero-order valence-corrected chi connectivity index (χ0v) is 21.8. The van der Waals surface area contributed by atoms with E-state index in [1.54, 1.807) is 11.3 Å². The molecular formula is C30H30N6S. The SMILES string of the molecule is C=C/C(=C\C(=C/C)c1cc2c(-c3cc4c(-c5cccs5)cncc4[nH]3)n[nH]c2cn1)CN1CCCCC1. The Hall–Kier alpha value is -3.81. The minimum Gasteiger partial charge on any atom is -0.352 e. The zero-order chi connectivity index (χ0) is 25.2. The van der Waals surface area contributed by atoms with E-state index >= 15 is 0 Å². The molecule has 5 aromatic heterocycles. The van der Waals surface area contributed by atoms with Gasteiger partial charge in [0.15, 0.2) is 0 Å². The molecule has 37 heavy (non-hydrogen) atoms. The Labute approximate surface area is 220 Å². The fourth-order valence-corrected chi connectivity index (χ4v) is 5.89. The highest BCUT2D eigenvalue weighted by atomic mass is 32.1. The van der Waals surface area contributed by atoms with Crippen LogP contribution in [0, 0.1) is 0 Å². The van der Waals surface area contributed by atoms with Gasteiger partial charge in [-0.05, 0) is 73.7 Å². The first kappa shape index (κ1) is 23.6. The molecule has 0 saturated carbocycles. The van der Waals surface area contributed by atoms with Crippen LogP contribution in [0.3, 0.4) is 0 Å². The summed E-state index contributed by atoms with van der Waals surface area (Å²) in [6.45, 7) is 9.39. The van der Waals surface area contributed by atoms with Crippen LogP contribution in [0.2, 0.25) is 0 Å². The van der Waals surface area contributed by atoms with Crippen LogP contribution in [0.1, 0.15) is 31.9 Å². The van der Waals surface area contributed by atoms with E-state index in [1.165, 1.54) is 29.7 Å². The maximum absolute atomic E-state index is 4.76. The summed E-state index contributed by atoms with van der Waals surface area (Å²) in [6.07, 6.45) is 15.9. The molecule has 6 heterocycles. The van der Waals surface area contributed by atoms with Crippen molar-refractivity contribution in [2.75, 3.05) is 19.6 Å². The van der Waals surface area contributed by atoms with Crippen molar-refractivity contribution in [2.45, 2.75) is 26.2 Å². The van der Waals surface area contributed by atoms with Gasteiger partial charge in [-0.15, -0.1) is 11.3 Å². The highest BCUT2D eigenvalue weighted by Crippen LogP contribution is 2.35.